The summed E-state index contributed by atoms with van der Waals surface area (Å²) in [4.78, 5) is 16.1. The fourth-order valence-corrected chi connectivity index (χ4v) is 2.85. The molecule has 1 aromatic carbocycles. The standard InChI is InChI=1S/C12H16N3O5P/c1-3-18-21(17,19-4-2)20-11-12(16)15(13)10-8-6-5-7-9(10)14-11/h5-8H,3-4,13H2,1-2H3. The van der Waals surface area contributed by atoms with Crippen molar-refractivity contribution >= 4 is 18.9 Å². The molecule has 0 aliphatic rings. The fraction of sp³-hybridized carbons (Fsp3) is 0.333. The van der Waals surface area contributed by atoms with Crippen LogP contribution in [0, 0.1) is 0 Å². The number of hydrogen-bond donors (Lipinski definition) is 1. The summed E-state index contributed by atoms with van der Waals surface area (Å²) in [5.41, 5.74) is 0.125. The number of phosphoric ester groups is 1. The van der Waals surface area contributed by atoms with Crippen molar-refractivity contribution in [2.24, 2.45) is 0 Å². The molecule has 1 heterocycles. The monoisotopic (exact) mass is 313 g/mol. The van der Waals surface area contributed by atoms with Gasteiger partial charge in [-0.15, -0.1) is 0 Å². The molecule has 0 radical (unpaired) electrons. The van der Waals surface area contributed by atoms with Crippen molar-refractivity contribution in [3.8, 4) is 5.88 Å². The number of nitrogens with zero attached hydrogens (tertiary/aromatic N) is 2. The van der Waals surface area contributed by atoms with Gasteiger partial charge in [0.2, 0.25) is 0 Å². The number of aromatic nitrogens is 2. The van der Waals surface area contributed by atoms with Crippen molar-refractivity contribution in [1.29, 1.82) is 0 Å². The van der Waals surface area contributed by atoms with Gasteiger partial charge in [-0.25, -0.2) is 14.2 Å². The van der Waals surface area contributed by atoms with Gasteiger partial charge in [-0.3, -0.25) is 13.8 Å². The number of fused-ring (bicyclic) bond motifs is 1. The molecule has 9 heteroatoms. The van der Waals surface area contributed by atoms with Gasteiger partial charge in [0.15, 0.2) is 0 Å². The van der Waals surface area contributed by atoms with Crippen LogP contribution in [-0.2, 0) is 13.6 Å². The van der Waals surface area contributed by atoms with E-state index in [1.54, 1.807) is 38.1 Å². The van der Waals surface area contributed by atoms with E-state index in [0.29, 0.717) is 11.0 Å². The third kappa shape index (κ3) is 3.24. The van der Waals surface area contributed by atoms with Gasteiger partial charge in [0, 0.05) is 0 Å². The zero-order chi connectivity index (χ0) is 15.5. The lowest BCUT2D eigenvalue weighted by Gasteiger charge is -2.16. The highest BCUT2D eigenvalue weighted by Crippen LogP contribution is 2.48. The molecule has 0 saturated heterocycles. The molecular formula is C12H16N3O5P. The van der Waals surface area contributed by atoms with Crippen molar-refractivity contribution in [2.45, 2.75) is 13.8 Å². The van der Waals surface area contributed by atoms with Gasteiger partial charge in [0.25, 0.3) is 5.88 Å². The number of phosphoric acid groups is 1. The summed E-state index contributed by atoms with van der Waals surface area (Å²) in [6.07, 6.45) is 0. The second-order valence-electron chi connectivity index (χ2n) is 3.95. The Morgan fingerprint density at radius 1 is 1.24 bits per heavy atom. The Kier molecular flexibility index (Phi) is 4.62. The van der Waals surface area contributed by atoms with E-state index in [-0.39, 0.29) is 13.2 Å². The van der Waals surface area contributed by atoms with E-state index in [1.807, 2.05) is 0 Å². The Hall–Kier alpha value is -1.89. The Bertz CT molecular complexity index is 735. The average molecular weight is 313 g/mol. The van der Waals surface area contributed by atoms with Crippen molar-refractivity contribution in [1.82, 2.24) is 9.66 Å². The molecule has 114 valence electrons. The highest BCUT2D eigenvalue weighted by molar-refractivity contribution is 7.48. The zero-order valence-corrected chi connectivity index (χ0v) is 12.6. The van der Waals surface area contributed by atoms with Gasteiger partial charge in [-0.2, -0.15) is 0 Å². The number of para-hydroxylation sites is 2. The van der Waals surface area contributed by atoms with Crippen LogP contribution in [0.3, 0.4) is 0 Å². The maximum atomic E-state index is 12.3. The minimum absolute atomic E-state index is 0.0989. The van der Waals surface area contributed by atoms with E-state index in [4.69, 9.17) is 19.4 Å². The highest BCUT2D eigenvalue weighted by atomic mass is 31.2. The summed E-state index contributed by atoms with van der Waals surface area (Å²) in [7, 11) is -3.90. The first-order valence-electron chi connectivity index (χ1n) is 6.36. The summed E-state index contributed by atoms with van der Waals surface area (Å²) in [6.45, 7) is 3.46. The molecule has 0 spiro atoms. The summed E-state index contributed by atoms with van der Waals surface area (Å²) in [5.74, 6) is 5.27. The molecule has 1 aromatic heterocycles. The van der Waals surface area contributed by atoms with Crippen LogP contribution in [0.1, 0.15) is 13.8 Å². The molecule has 8 nitrogen and oxygen atoms in total. The molecule has 0 unspecified atom stereocenters. The third-order valence-corrected chi connectivity index (χ3v) is 4.08. The molecular weight excluding hydrogens is 297 g/mol. The number of hydrogen-bond acceptors (Lipinski definition) is 7. The van der Waals surface area contributed by atoms with E-state index in [0.717, 1.165) is 4.68 Å². The maximum Gasteiger partial charge on any atom is 0.531 e. The van der Waals surface area contributed by atoms with E-state index in [9.17, 15) is 9.36 Å². The molecule has 2 N–H and O–H groups in total. The maximum absolute atomic E-state index is 12.3. The van der Waals surface area contributed by atoms with Crippen molar-refractivity contribution in [3.63, 3.8) is 0 Å². The quantitative estimate of drug-likeness (QED) is 0.638. The van der Waals surface area contributed by atoms with Crippen LogP contribution in [0.2, 0.25) is 0 Å². The summed E-state index contributed by atoms with van der Waals surface area (Å²) >= 11 is 0. The van der Waals surface area contributed by atoms with Gasteiger partial charge in [-0.05, 0) is 26.0 Å². The van der Waals surface area contributed by atoms with Crippen molar-refractivity contribution < 1.29 is 18.1 Å². The molecule has 21 heavy (non-hydrogen) atoms. The Balaban J connectivity index is 2.49. The van der Waals surface area contributed by atoms with Crippen LogP contribution in [0.5, 0.6) is 5.88 Å². The second-order valence-corrected chi connectivity index (χ2v) is 5.55. The normalized spacial score (nSPS) is 11.7. The van der Waals surface area contributed by atoms with Crippen LogP contribution in [-0.4, -0.2) is 22.9 Å². The fourth-order valence-electron chi connectivity index (χ4n) is 1.70. The van der Waals surface area contributed by atoms with E-state index < -0.39 is 19.3 Å². The van der Waals surface area contributed by atoms with Crippen LogP contribution in [0.15, 0.2) is 29.1 Å². The SMILES string of the molecule is CCOP(=O)(OCC)Oc1nc2ccccc2n(N)c1=O. The van der Waals surface area contributed by atoms with E-state index in [1.165, 1.54) is 0 Å². The average Bonchev–Trinajstić information content (AvgIpc) is 2.45. The number of benzene rings is 1. The van der Waals surface area contributed by atoms with E-state index in [2.05, 4.69) is 4.98 Å². The summed E-state index contributed by atoms with van der Waals surface area (Å²) < 4.78 is 28.2. The third-order valence-electron chi connectivity index (χ3n) is 2.54. The molecule has 2 rings (SSSR count). The minimum atomic E-state index is -3.90. The van der Waals surface area contributed by atoms with E-state index >= 15 is 0 Å². The topological polar surface area (TPSA) is 106 Å². The van der Waals surface area contributed by atoms with Crippen molar-refractivity contribution in [2.75, 3.05) is 19.1 Å². The first-order valence-corrected chi connectivity index (χ1v) is 7.82. The number of rotatable bonds is 6. The van der Waals surface area contributed by atoms with Crippen molar-refractivity contribution in [3.05, 3.63) is 34.6 Å². The number of nitrogens with two attached hydrogens (primary N) is 1. The molecule has 0 fully saturated rings. The molecule has 0 saturated carbocycles. The summed E-state index contributed by atoms with van der Waals surface area (Å²) in [5, 5.41) is 0. The van der Waals surface area contributed by atoms with Crippen LogP contribution in [0.25, 0.3) is 11.0 Å². The molecule has 0 aliphatic heterocycles. The molecule has 0 aliphatic carbocycles. The van der Waals surface area contributed by atoms with Gasteiger partial charge in [-0.1, -0.05) is 12.1 Å². The predicted octanol–water partition coefficient (Wildman–Crippen LogP) is 1.67. The number of nitrogen functional groups attached to an aromatic ring is 1. The smallest absolute Gasteiger partial charge is 0.379 e. The highest BCUT2D eigenvalue weighted by Gasteiger charge is 2.30. The van der Waals surface area contributed by atoms with Crippen LogP contribution < -0.4 is 15.9 Å². The lowest BCUT2D eigenvalue weighted by atomic mass is 10.3. The van der Waals surface area contributed by atoms with Gasteiger partial charge >= 0.3 is 13.4 Å². The van der Waals surface area contributed by atoms with Gasteiger partial charge in [0.1, 0.15) is 0 Å². The van der Waals surface area contributed by atoms with Crippen LogP contribution >= 0.6 is 7.82 Å². The molecule has 0 atom stereocenters. The molecule has 2 aromatic rings. The minimum Gasteiger partial charge on any atom is -0.379 e. The largest absolute Gasteiger partial charge is 0.531 e. The molecule has 0 amide bonds. The Morgan fingerprint density at radius 2 is 1.86 bits per heavy atom. The van der Waals surface area contributed by atoms with Crippen LogP contribution in [0.4, 0.5) is 0 Å². The lowest BCUT2D eigenvalue weighted by molar-refractivity contribution is 0.165. The first-order chi connectivity index (χ1) is 10.0. The Morgan fingerprint density at radius 3 is 2.48 bits per heavy atom. The van der Waals surface area contributed by atoms with Gasteiger partial charge in [0.05, 0.1) is 24.2 Å². The first kappa shape index (κ1) is 15.5. The summed E-state index contributed by atoms with van der Waals surface area (Å²) in [6, 6.07) is 6.74. The molecule has 0 bridgehead atoms. The lowest BCUT2D eigenvalue weighted by Crippen LogP contribution is -2.29. The predicted molar refractivity (Wildman–Crippen MR) is 77.6 cm³/mol. The second kappa shape index (κ2) is 6.26. The zero-order valence-electron chi connectivity index (χ0n) is 11.7. The Labute approximate surface area is 121 Å². The van der Waals surface area contributed by atoms with Gasteiger partial charge < -0.3 is 10.4 Å².